The Hall–Kier alpha value is -0.540. The maximum Gasteiger partial charge on any atom is 0.138 e. The highest BCUT2D eigenvalue weighted by atomic mass is 79.9. The summed E-state index contributed by atoms with van der Waals surface area (Å²) < 4.78 is 6.66. The highest BCUT2D eigenvalue weighted by Gasteiger charge is 2.33. The molecule has 0 amide bonds. The molecule has 3 heteroatoms. The predicted molar refractivity (Wildman–Crippen MR) is 79.4 cm³/mol. The first-order valence-corrected chi connectivity index (χ1v) is 7.40. The molecule has 1 aliphatic heterocycles. The number of halogens is 1. The number of rotatable bonds is 3. The van der Waals surface area contributed by atoms with Crippen molar-refractivity contribution < 1.29 is 4.74 Å². The average Bonchev–Trinajstić information content (AvgIpc) is 2.76. The van der Waals surface area contributed by atoms with E-state index < -0.39 is 0 Å². The van der Waals surface area contributed by atoms with Crippen LogP contribution in [0.1, 0.15) is 50.7 Å². The Labute approximate surface area is 118 Å². The van der Waals surface area contributed by atoms with Crippen molar-refractivity contribution in [3.63, 3.8) is 0 Å². The number of nitrogens with one attached hydrogen (secondary N) is 1. The van der Waals surface area contributed by atoms with Gasteiger partial charge in [0.15, 0.2) is 0 Å². The first-order chi connectivity index (χ1) is 8.48. The van der Waals surface area contributed by atoms with Gasteiger partial charge in [-0.3, -0.25) is 0 Å². The molecule has 1 aliphatic rings. The van der Waals surface area contributed by atoms with E-state index in [0.29, 0.717) is 5.92 Å². The van der Waals surface area contributed by atoms with E-state index in [4.69, 9.17) is 4.74 Å². The Morgan fingerprint density at radius 1 is 1.39 bits per heavy atom. The van der Waals surface area contributed by atoms with E-state index in [1.807, 2.05) is 0 Å². The summed E-state index contributed by atoms with van der Waals surface area (Å²) in [5.41, 5.74) is 2.67. The molecule has 0 aromatic heterocycles. The zero-order valence-corrected chi connectivity index (χ0v) is 13.2. The lowest BCUT2D eigenvalue weighted by molar-refractivity contribution is 0.368. The van der Waals surface area contributed by atoms with E-state index in [0.717, 1.165) is 23.2 Å². The summed E-state index contributed by atoms with van der Waals surface area (Å²) in [5, 5.41) is 3.62. The van der Waals surface area contributed by atoms with Crippen LogP contribution in [0.15, 0.2) is 16.6 Å². The van der Waals surface area contributed by atoms with Crippen LogP contribution in [-0.2, 0) is 5.54 Å². The van der Waals surface area contributed by atoms with Gasteiger partial charge in [-0.05, 0) is 65.9 Å². The molecule has 0 spiro atoms. The lowest BCUT2D eigenvalue weighted by Gasteiger charge is -2.28. The standard InChI is InChI=1S/C15H22BrNO/c1-10(2)11-8-12(14(18-4)13(16)9-11)15(3)6-5-7-17-15/h8-10,17H,5-7H2,1-4H3. The van der Waals surface area contributed by atoms with Gasteiger partial charge in [0.1, 0.15) is 5.75 Å². The zero-order valence-electron chi connectivity index (χ0n) is 11.6. The molecule has 0 bridgehead atoms. The molecule has 1 aromatic rings. The Morgan fingerprint density at radius 2 is 2.11 bits per heavy atom. The Balaban J connectivity index is 2.55. The second-order valence-corrected chi connectivity index (χ2v) is 6.46. The molecule has 2 nitrogen and oxygen atoms in total. The van der Waals surface area contributed by atoms with Crippen molar-refractivity contribution in [2.75, 3.05) is 13.7 Å². The van der Waals surface area contributed by atoms with Gasteiger partial charge in [0, 0.05) is 11.1 Å². The molecule has 0 saturated carbocycles. The topological polar surface area (TPSA) is 21.3 Å². The average molecular weight is 312 g/mol. The molecule has 0 aliphatic carbocycles. The number of hydrogen-bond donors (Lipinski definition) is 1. The van der Waals surface area contributed by atoms with Gasteiger partial charge < -0.3 is 10.1 Å². The molecule has 100 valence electrons. The fraction of sp³-hybridized carbons (Fsp3) is 0.600. The smallest absolute Gasteiger partial charge is 0.138 e. The molecule has 1 aromatic carbocycles. The molecule has 18 heavy (non-hydrogen) atoms. The second kappa shape index (κ2) is 5.22. The van der Waals surface area contributed by atoms with E-state index >= 15 is 0 Å². The van der Waals surface area contributed by atoms with Gasteiger partial charge >= 0.3 is 0 Å². The van der Waals surface area contributed by atoms with Crippen LogP contribution in [0.3, 0.4) is 0 Å². The van der Waals surface area contributed by atoms with Gasteiger partial charge in [-0.25, -0.2) is 0 Å². The predicted octanol–water partition coefficient (Wildman–Crippen LogP) is 4.18. The summed E-state index contributed by atoms with van der Waals surface area (Å²) >= 11 is 3.64. The van der Waals surface area contributed by atoms with Gasteiger partial charge in [-0.1, -0.05) is 13.8 Å². The van der Waals surface area contributed by atoms with Crippen molar-refractivity contribution in [1.29, 1.82) is 0 Å². The maximum atomic E-state index is 5.60. The molecule has 0 radical (unpaired) electrons. The summed E-state index contributed by atoms with van der Waals surface area (Å²) in [6.45, 7) is 7.81. The summed E-state index contributed by atoms with van der Waals surface area (Å²) in [6.07, 6.45) is 2.39. The lowest BCUT2D eigenvalue weighted by atomic mass is 9.87. The second-order valence-electron chi connectivity index (χ2n) is 5.60. The summed E-state index contributed by atoms with van der Waals surface area (Å²) in [5.74, 6) is 1.49. The van der Waals surface area contributed by atoms with Crippen molar-refractivity contribution in [3.8, 4) is 5.75 Å². The summed E-state index contributed by atoms with van der Waals surface area (Å²) in [4.78, 5) is 0. The number of ether oxygens (including phenoxy) is 1. The lowest BCUT2D eigenvalue weighted by Crippen LogP contribution is -2.33. The van der Waals surface area contributed by atoms with Gasteiger partial charge in [-0.15, -0.1) is 0 Å². The zero-order chi connectivity index (χ0) is 13.3. The van der Waals surface area contributed by atoms with Crippen molar-refractivity contribution >= 4 is 15.9 Å². The molecule has 1 atom stereocenters. The van der Waals surface area contributed by atoms with Gasteiger partial charge in [-0.2, -0.15) is 0 Å². The van der Waals surface area contributed by atoms with Gasteiger partial charge in [0.05, 0.1) is 11.6 Å². The fourth-order valence-corrected chi connectivity index (χ4v) is 3.33. The van der Waals surface area contributed by atoms with E-state index in [9.17, 15) is 0 Å². The molecule has 1 heterocycles. The third-order valence-electron chi connectivity index (χ3n) is 3.90. The fourth-order valence-electron chi connectivity index (χ4n) is 2.69. The highest BCUT2D eigenvalue weighted by Crippen LogP contribution is 2.42. The van der Waals surface area contributed by atoms with E-state index in [2.05, 4.69) is 54.2 Å². The number of methoxy groups -OCH3 is 1. The van der Waals surface area contributed by atoms with Crippen molar-refractivity contribution in [2.24, 2.45) is 0 Å². The quantitative estimate of drug-likeness (QED) is 0.904. The van der Waals surface area contributed by atoms with Crippen molar-refractivity contribution in [1.82, 2.24) is 5.32 Å². The molecule has 1 fully saturated rings. The molecular weight excluding hydrogens is 290 g/mol. The van der Waals surface area contributed by atoms with E-state index in [1.165, 1.54) is 17.5 Å². The van der Waals surface area contributed by atoms with Gasteiger partial charge in [0.2, 0.25) is 0 Å². The Bertz CT molecular complexity index is 436. The molecule has 1 saturated heterocycles. The normalized spacial score (nSPS) is 23.7. The number of benzene rings is 1. The van der Waals surface area contributed by atoms with Gasteiger partial charge in [0.25, 0.3) is 0 Å². The minimum Gasteiger partial charge on any atom is -0.495 e. The van der Waals surface area contributed by atoms with Crippen LogP contribution in [0.4, 0.5) is 0 Å². The van der Waals surface area contributed by atoms with E-state index in [1.54, 1.807) is 7.11 Å². The van der Waals surface area contributed by atoms with Crippen molar-refractivity contribution in [2.45, 2.75) is 45.1 Å². The monoisotopic (exact) mass is 311 g/mol. The van der Waals surface area contributed by atoms with Crippen LogP contribution in [0.5, 0.6) is 5.75 Å². The Morgan fingerprint density at radius 3 is 2.61 bits per heavy atom. The highest BCUT2D eigenvalue weighted by molar-refractivity contribution is 9.10. The Kier molecular flexibility index (Phi) is 4.02. The molecule has 1 N–H and O–H groups in total. The van der Waals surface area contributed by atoms with Crippen LogP contribution < -0.4 is 10.1 Å². The van der Waals surface area contributed by atoms with E-state index in [-0.39, 0.29) is 5.54 Å². The molecule has 2 rings (SSSR count). The maximum absolute atomic E-state index is 5.60. The minimum absolute atomic E-state index is 0.0404. The first kappa shape index (κ1) is 13.9. The summed E-state index contributed by atoms with van der Waals surface area (Å²) in [6, 6.07) is 4.47. The van der Waals surface area contributed by atoms with Crippen LogP contribution >= 0.6 is 15.9 Å². The SMILES string of the molecule is COc1c(Br)cc(C(C)C)cc1C1(C)CCCN1. The largest absolute Gasteiger partial charge is 0.495 e. The van der Waals surface area contributed by atoms with Crippen LogP contribution in [-0.4, -0.2) is 13.7 Å². The third-order valence-corrected chi connectivity index (χ3v) is 4.49. The van der Waals surface area contributed by atoms with Crippen molar-refractivity contribution in [3.05, 3.63) is 27.7 Å². The summed E-state index contributed by atoms with van der Waals surface area (Å²) in [7, 11) is 1.75. The number of hydrogen-bond acceptors (Lipinski definition) is 2. The first-order valence-electron chi connectivity index (χ1n) is 6.61. The van der Waals surface area contributed by atoms with Crippen LogP contribution in [0.25, 0.3) is 0 Å². The van der Waals surface area contributed by atoms with Crippen LogP contribution in [0.2, 0.25) is 0 Å². The molecule has 1 unspecified atom stereocenters. The molecular formula is C15H22BrNO. The minimum atomic E-state index is 0.0404. The van der Waals surface area contributed by atoms with Crippen LogP contribution in [0, 0.1) is 0 Å². The third kappa shape index (κ3) is 2.43.